The Hall–Kier alpha value is -1.39. The van der Waals surface area contributed by atoms with Crippen molar-refractivity contribution in [1.29, 1.82) is 0 Å². The number of aromatic nitrogens is 3. The van der Waals surface area contributed by atoms with E-state index in [1.54, 1.807) is 0 Å². The zero-order chi connectivity index (χ0) is 5.98. The number of aromatic amines is 1. The lowest BCUT2D eigenvalue weighted by Gasteiger charge is -1.88. The molecule has 42 valence electrons. The van der Waals surface area contributed by atoms with Crippen LogP contribution in [0.1, 0.15) is 10.5 Å². The Bertz CT molecular complexity index is 180. The summed E-state index contributed by atoms with van der Waals surface area (Å²) in [5.41, 5.74) is -0.176. The van der Waals surface area contributed by atoms with Gasteiger partial charge in [0.25, 0.3) is 0 Å². The largest absolute Gasteiger partial charge is 0.543 e. The fourth-order valence-corrected chi connectivity index (χ4v) is 0.300. The zero-order valence-electron chi connectivity index (χ0n) is 3.79. The number of rotatable bonds is 1. The Balaban J connectivity index is 2.93. The molecule has 1 N–H and O–H groups in total. The molecule has 0 fully saturated rings. The predicted octanol–water partition coefficient (Wildman–Crippen LogP) is -1.83. The first kappa shape index (κ1) is 4.76. The maximum absolute atomic E-state index is 9.83. The van der Waals surface area contributed by atoms with Gasteiger partial charge in [-0.1, -0.05) is 0 Å². The first-order valence-electron chi connectivity index (χ1n) is 1.88. The fourth-order valence-electron chi connectivity index (χ4n) is 0.300. The first-order chi connectivity index (χ1) is 3.80. The topological polar surface area (TPSA) is 81.7 Å². The van der Waals surface area contributed by atoms with E-state index in [4.69, 9.17) is 0 Å². The van der Waals surface area contributed by atoms with Crippen molar-refractivity contribution in [2.75, 3.05) is 0 Å². The maximum atomic E-state index is 9.83. The molecule has 0 saturated carbocycles. The standard InChI is InChI=1S/C3H3N3O2/c7-3(8)2-1-4-6-5-2/h1H,(H,7,8)(H,4,5,6)/p-1. The maximum Gasteiger partial charge on any atom is 0.128 e. The van der Waals surface area contributed by atoms with Crippen LogP contribution in [0.3, 0.4) is 0 Å². The highest BCUT2D eigenvalue weighted by Crippen LogP contribution is 1.81. The smallest absolute Gasteiger partial charge is 0.128 e. The second-order valence-electron chi connectivity index (χ2n) is 1.14. The summed E-state index contributed by atoms with van der Waals surface area (Å²) in [5.74, 6) is -1.32. The van der Waals surface area contributed by atoms with Crippen molar-refractivity contribution in [3.05, 3.63) is 11.9 Å². The van der Waals surface area contributed by atoms with Gasteiger partial charge in [0.15, 0.2) is 0 Å². The van der Waals surface area contributed by atoms with Gasteiger partial charge in [-0.2, -0.15) is 15.4 Å². The highest BCUT2D eigenvalue weighted by molar-refractivity contribution is 5.82. The summed E-state index contributed by atoms with van der Waals surface area (Å²) in [6.07, 6.45) is 1.08. The van der Waals surface area contributed by atoms with E-state index >= 15 is 0 Å². The number of nitrogens with zero attached hydrogens (tertiary/aromatic N) is 2. The summed E-state index contributed by atoms with van der Waals surface area (Å²) in [5, 5.41) is 18.4. The minimum absolute atomic E-state index is 0.176. The van der Waals surface area contributed by atoms with Crippen molar-refractivity contribution < 1.29 is 9.90 Å². The predicted molar refractivity (Wildman–Crippen MR) is 20.7 cm³/mol. The Morgan fingerprint density at radius 3 is 2.88 bits per heavy atom. The van der Waals surface area contributed by atoms with Crippen LogP contribution in [-0.4, -0.2) is 21.4 Å². The molecule has 8 heavy (non-hydrogen) atoms. The van der Waals surface area contributed by atoms with E-state index < -0.39 is 5.97 Å². The van der Waals surface area contributed by atoms with Gasteiger partial charge in [-0.05, 0) is 0 Å². The SMILES string of the molecule is O=C([O-])c1cn[nH]n1. The van der Waals surface area contributed by atoms with Crippen LogP contribution in [0.4, 0.5) is 0 Å². The quantitative estimate of drug-likeness (QED) is 0.463. The van der Waals surface area contributed by atoms with Gasteiger partial charge in [-0.3, -0.25) is 0 Å². The lowest BCUT2D eigenvalue weighted by molar-refractivity contribution is -0.255. The van der Waals surface area contributed by atoms with E-state index in [9.17, 15) is 9.90 Å². The molecule has 1 aromatic rings. The van der Waals surface area contributed by atoms with Crippen molar-refractivity contribution in [1.82, 2.24) is 15.4 Å². The molecule has 0 spiro atoms. The molecule has 1 heterocycles. The van der Waals surface area contributed by atoms with E-state index in [2.05, 4.69) is 15.4 Å². The number of hydrogen-bond donors (Lipinski definition) is 1. The number of carboxylic acid groups (broad SMARTS) is 1. The van der Waals surface area contributed by atoms with Crippen molar-refractivity contribution in [3.63, 3.8) is 0 Å². The number of H-pyrrole nitrogens is 1. The highest BCUT2D eigenvalue weighted by atomic mass is 16.4. The van der Waals surface area contributed by atoms with Crippen LogP contribution in [0.15, 0.2) is 6.20 Å². The van der Waals surface area contributed by atoms with Crippen LogP contribution >= 0.6 is 0 Å². The first-order valence-corrected chi connectivity index (χ1v) is 1.88. The molecule has 5 nitrogen and oxygen atoms in total. The highest BCUT2D eigenvalue weighted by Gasteiger charge is 1.91. The van der Waals surface area contributed by atoms with Gasteiger partial charge in [0.1, 0.15) is 5.69 Å². The van der Waals surface area contributed by atoms with Gasteiger partial charge in [-0.25, -0.2) is 0 Å². The number of hydrogen-bond acceptors (Lipinski definition) is 4. The van der Waals surface area contributed by atoms with Crippen molar-refractivity contribution >= 4 is 5.97 Å². The molecular formula is C3H2N3O2-. The molecule has 1 rings (SSSR count). The zero-order valence-corrected chi connectivity index (χ0v) is 3.79. The number of carbonyl (C=O) groups excluding carboxylic acids is 1. The van der Waals surface area contributed by atoms with Gasteiger partial charge >= 0.3 is 0 Å². The van der Waals surface area contributed by atoms with Gasteiger partial charge in [0.05, 0.1) is 12.2 Å². The molecular weight excluding hydrogens is 110 g/mol. The molecule has 0 amide bonds. The van der Waals surface area contributed by atoms with E-state index in [0.29, 0.717) is 0 Å². The molecule has 0 unspecified atom stereocenters. The third-order valence-electron chi connectivity index (χ3n) is 0.624. The second-order valence-corrected chi connectivity index (χ2v) is 1.14. The molecule has 5 heteroatoms. The molecule has 0 radical (unpaired) electrons. The van der Waals surface area contributed by atoms with E-state index in [1.165, 1.54) is 0 Å². The Morgan fingerprint density at radius 2 is 2.62 bits per heavy atom. The van der Waals surface area contributed by atoms with Crippen LogP contribution in [0, 0.1) is 0 Å². The Kier molecular flexibility index (Phi) is 0.957. The van der Waals surface area contributed by atoms with E-state index in [1.807, 2.05) is 0 Å². The van der Waals surface area contributed by atoms with Gasteiger partial charge in [-0.15, -0.1) is 0 Å². The summed E-state index contributed by atoms with van der Waals surface area (Å²) in [7, 11) is 0. The normalized spacial score (nSPS) is 9.00. The summed E-state index contributed by atoms with van der Waals surface area (Å²) in [6, 6.07) is 0. The Labute approximate surface area is 44.3 Å². The number of nitrogens with one attached hydrogen (secondary N) is 1. The fraction of sp³-hybridized carbons (Fsp3) is 0. The molecule has 0 aliphatic carbocycles. The average Bonchev–Trinajstić information content (AvgIpc) is 2.12. The number of carbonyl (C=O) groups is 1. The lowest BCUT2D eigenvalue weighted by Crippen LogP contribution is -2.22. The number of aromatic carboxylic acids is 1. The second kappa shape index (κ2) is 1.61. The molecule has 0 aromatic carbocycles. The minimum atomic E-state index is -1.32. The van der Waals surface area contributed by atoms with Gasteiger partial charge in [0.2, 0.25) is 0 Å². The summed E-state index contributed by atoms with van der Waals surface area (Å²) >= 11 is 0. The van der Waals surface area contributed by atoms with E-state index in [-0.39, 0.29) is 5.69 Å². The molecule has 0 atom stereocenters. The van der Waals surface area contributed by atoms with Crippen LogP contribution in [0.5, 0.6) is 0 Å². The van der Waals surface area contributed by atoms with Crippen LogP contribution in [-0.2, 0) is 0 Å². The lowest BCUT2D eigenvalue weighted by atomic mass is 10.5. The summed E-state index contributed by atoms with van der Waals surface area (Å²) in [6.45, 7) is 0. The monoisotopic (exact) mass is 112 g/mol. The molecule has 1 aromatic heterocycles. The molecule has 0 aliphatic heterocycles. The van der Waals surface area contributed by atoms with Crippen molar-refractivity contribution in [3.8, 4) is 0 Å². The van der Waals surface area contributed by atoms with Crippen LogP contribution in [0.25, 0.3) is 0 Å². The molecule has 0 bridgehead atoms. The number of carboxylic acids is 1. The summed E-state index contributed by atoms with van der Waals surface area (Å²) < 4.78 is 0. The third kappa shape index (κ3) is 0.651. The van der Waals surface area contributed by atoms with Gasteiger partial charge in [0, 0.05) is 0 Å². The van der Waals surface area contributed by atoms with Crippen molar-refractivity contribution in [2.45, 2.75) is 0 Å². The molecule has 0 aliphatic rings. The van der Waals surface area contributed by atoms with Crippen LogP contribution < -0.4 is 5.11 Å². The van der Waals surface area contributed by atoms with Crippen molar-refractivity contribution in [2.24, 2.45) is 0 Å². The third-order valence-corrected chi connectivity index (χ3v) is 0.624. The van der Waals surface area contributed by atoms with E-state index in [0.717, 1.165) is 6.20 Å². The summed E-state index contributed by atoms with van der Waals surface area (Å²) in [4.78, 5) is 9.83. The average molecular weight is 112 g/mol. The minimum Gasteiger partial charge on any atom is -0.543 e. The molecule has 0 saturated heterocycles. The Morgan fingerprint density at radius 1 is 1.88 bits per heavy atom. The van der Waals surface area contributed by atoms with Gasteiger partial charge < -0.3 is 9.90 Å². The van der Waals surface area contributed by atoms with Crippen LogP contribution in [0.2, 0.25) is 0 Å².